The van der Waals surface area contributed by atoms with Gasteiger partial charge in [-0.1, -0.05) is 121 Å². The van der Waals surface area contributed by atoms with Crippen LogP contribution in [0.2, 0.25) is 0 Å². The van der Waals surface area contributed by atoms with Crippen LogP contribution in [0.25, 0.3) is 88.0 Å². The molecule has 0 saturated carbocycles. The van der Waals surface area contributed by atoms with Crippen LogP contribution < -0.4 is 4.90 Å². The summed E-state index contributed by atoms with van der Waals surface area (Å²) in [4.78, 5) is 12.1. The number of fused-ring (bicyclic) bond motifs is 7. The summed E-state index contributed by atoms with van der Waals surface area (Å²) in [6, 6.07) is 68.6. The molecule has 11 aromatic rings. The van der Waals surface area contributed by atoms with Crippen LogP contribution in [0.5, 0.6) is 0 Å². The Morgan fingerprint density at radius 3 is 1.82 bits per heavy atom. The van der Waals surface area contributed by atoms with Gasteiger partial charge in [0.05, 0.1) is 16.7 Å². The van der Waals surface area contributed by atoms with Crippen molar-refractivity contribution in [2.24, 2.45) is 0 Å². The Hall–Kier alpha value is -7.56. The minimum atomic E-state index is 0.855. The van der Waals surface area contributed by atoms with Crippen molar-refractivity contribution < 1.29 is 4.42 Å². The number of para-hydroxylation sites is 1. The van der Waals surface area contributed by atoms with E-state index in [9.17, 15) is 0 Å². The second-order valence-electron chi connectivity index (χ2n) is 14.2. The SMILES string of the molecule is c1ccc(-c2ccc3c(ccc4cc(N(c5ccc(-c6cc(-c7ccccc7)c7ncccc7n6)cc5)c5ccc6c(c5)oc5ccccc56)ccc43)c2)cc1. The molecule has 3 heterocycles. The molecule has 4 nitrogen and oxygen atoms in total. The zero-order valence-electron chi connectivity index (χ0n) is 30.3. The zero-order chi connectivity index (χ0) is 37.0. The van der Waals surface area contributed by atoms with Crippen molar-refractivity contribution in [2.75, 3.05) is 4.90 Å². The molecule has 0 bridgehead atoms. The summed E-state index contributed by atoms with van der Waals surface area (Å²) in [5.74, 6) is 0. The number of rotatable bonds is 6. The molecule has 56 heavy (non-hydrogen) atoms. The minimum Gasteiger partial charge on any atom is -0.456 e. The quantitative estimate of drug-likeness (QED) is 0.161. The smallest absolute Gasteiger partial charge is 0.137 e. The van der Waals surface area contributed by atoms with E-state index in [1.165, 1.54) is 32.7 Å². The molecule has 0 radical (unpaired) electrons. The first kappa shape index (κ1) is 31.9. The van der Waals surface area contributed by atoms with Crippen LogP contribution >= 0.6 is 0 Å². The van der Waals surface area contributed by atoms with Crippen molar-refractivity contribution in [2.45, 2.75) is 0 Å². The number of hydrogen-bond donors (Lipinski definition) is 0. The molecule has 0 aliphatic carbocycles. The summed E-state index contributed by atoms with van der Waals surface area (Å²) in [5, 5.41) is 7.08. The number of benzene rings is 8. The van der Waals surface area contributed by atoms with Crippen molar-refractivity contribution in [1.29, 1.82) is 0 Å². The maximum atomic E-state index is 6.39. The highest BCUT2D eigenvalue weighted by molar-refractivity contribution is 6.10. The standard InChI is InChI=1S/C52H33N3O/c1-3-10-34(11-4-1)37-21-26-43-38(30-37)17-18-39-31-41(24-27-44(39)43)55(42-25-28-46-45-14-7-8-16-50(45)56-51(46)32-42)40-22-19-36(20-23-40)49-33-47(35-12-5-2-6-13-35)52-48(54-49)15-9-29-53-52/h1-33H. The molecule has 0 fully saturated rings. The summed E-state index contributed by atoms with van der Waals surface area (Å²) < 4.78 is 6.39. The molecular weight excluding hydrogens is 683 g/mol. The second kappa shape index (κ2) is 13.1. The summed E-state index contributed by atoms with van der Waals surface area (Å²) in [6.45, 7) is 0. The average molecular weight is 716 g/mol. The summed E-state index contributed by atoms with van der Waals surface area (Å²) in [7, 11) is 0. The monoisotopic (exact) mass is 715 g/mol. The molecule has 3 aromatic heterocycles. The Morgan fingerprint density at radius 1 is 0.393 bits per heavy atom. The highest BCUT2D eigenvalue weighted by atomic mass is 16.3. The van der Waals surface area contributed by atoms with E-state index in [1.807, 2.05) is 36.5 Å². The van der Waals surface area contributed by atoms with Gasteiger partial charge in [0.15, 0.2) is 0 Å². The van der Waals surface area contributed by atoms with Crippen LogP contribution in [0, 0.1) is 0 Å². The molecule has 4 heteroatoms. The van der Waals surface area contributed by atoms with Crippen molar-refractivity contribution in [1.82, 2.24) is 9.97 Å². The van der Waals surface area contributed by atoms with Gasteiger partial charge in [0.2, 0.25) is 0 Å². The molecule has 0 N–H and O–H groups in total. The third kappa shape index (κ3) is 5.47. The number of pyridine rings is 2. The van der Waals surface area contributed by atoms with E-state index in [0.717, 1.165) is 72.4 Å². The predicted molar refractivity (Wildman–Crippen MR) is 233 cm³/mol. The van der Waals surface area contributed by atoms with Crippen molar-refractivity contribution >= 4 is 71.6 Å². The Morgan fingerprint density at radius 2 is 1.02 bits per heavy atom. The highest BCUT2D eigenvalue weighted by Gasteiger charge is 2.18. The third-order valence-electron chi connectivity index (χ3n) is 10.9. The topological polar surface area (TPSA) is 42.2 Å². The van der Waals surface area contributed by atoms with Crippen LogP contribution in [0.3, 0.4) is 0 Å². The van der Waals surface area contributed by atoms with Gasteiger partial charge in [0.1, 0.15) is 11.2 Å². The molecule has 8 aromatic carbocycles. The third-order valence-corrected chi connectivity index (χ3v) is 10.9. The van der Waals surface area contributed by atoms with E-state index in [1.54, 1.807) is 0 Å². The first-order valence-corrected chi connectivity index (χ1v) is 18.9. The number of nitrogens with zero attached hydrogens (tertiary/aromatic N) is 3. The molecule has 0 unspecified atom stereocenters. The van der Waals surface area contributed by atoms with Gasteiger partial charge in [-0.05, 0) is 105 Å². The zero-order valence-corrected chi connectivity index (χ0v) is 30.3. The first-order valence-electron chi connectivity index (χ1n) is 18.9. The van der Waals surface area contributed by atoms with Gasteiger partial charge < -0.3 is 9.32 Å². The number of anilines is 3. The number of aromatic nitrogens is 2. The van der Waals surface area contributed by atoms with Gasteiger partial charge in [-0.25, -0.2) is 4.98 Å². The fraction of sp³-hybridized carbons (Fsp3) is 0. The Kier molecular flexibility index (Phi) is 7.46. The second-order valence-corrected chi connectivity index (χ2v) is 14.2. The molecular formula is C52H33N3O. The fourth-order valence-electron chi connectivity index (χ4n) is 8.14. The van der Waals surface area contributed by atoms with E-state index in [0.29, 0.717) is 0 Å². The number of hydrogen-bond acceptors (Lipinski definition) is 4. The number of furan rings is 1. The summed E-state index contributed by atoms with van der Waals surface area (Å²) in [5.41, 5.74) is 13.2. The van der Waals surface area contributed by atoms with Crippen LogP contribution in [-0.4, -0.2) is 9.97 Å². The van der Waals surface area contributed by atoms with Crippen LogP contribution in [-0.2, 0) is 0 Å². The summed E-state index contributed by atoms with van der Waals surface area (Å²) >= 11 is 0. The van der Waals surface area contributed by atoms with Gasteiger partial charge >= 0.3 is 0 Å². The molecule has 0 atom stereocenters. The van der Waals surface area contributed by atoms with Crippen LogP contribution in [0.15, 0.2) is 205 Å². The van der Waals surface area contributed by atoms with E-state index < -0.39 is 0 Å². The Bertz CT molecular complexity index is 3240. The van der Waals surface area contributed by atoms with Crippen molar-refractivity contribution in [3.63, 3.8) is 0 Å². The minimum absolute atomic E-state index is 0.855. The Balaban J connectivity index is 1.04. The molecule has 11 rings (SSSR count). The van der Waals surface area contributed by atoms with Crippen LogP contribution in [0.1, 0.15) is 0 Å². The van der Waals surface area contributed by atoms with Gasteiger partial charge in [0.25, 0.3) is 0 Å². The summed E-state index contributed by atoms with van der Waals surface area (Å²) in [6.07, 6.45) is 1.83. The highest BCUT2D eigenvalue weighted by Crippen LogP contribution is 2.41. The maximum Gasteiger partial charge on any atom is 0.137 e. The predicted octanol–water partition coefficient (Wildman–Crippen LogP) is 14.3. The lowest BCUT2D eigenvalue weighted by atomic mass is 9.97. The van der Waals surface area contributed by atoms with Crippen LogP contribution in [0.4, 0.5) is 17.1 Å². The first-order chi connectivity index (χ1) is 27.7. The maximum absolute atomic E-state index is 6.39. The normalized spacial score (nSPS) is 11.6. The molecule has 0 aliphatic rings. The largest absolute Gasteiger partial charge is 0.456 e. The van der Waals surface area contributed by atoms with E-state index >= 15 is 0 Å². The van der Waals surface area contributed by atoms with E-state index in [-0.39, 0.29) is 0 Å². The van der Waals surface area contributed by atoms with Gasteiger partial charge in [-0.3, -0.25) is 4.98 Å². The van der Waals surface area contributed by atoms with Crippen molar-refractivity contribution in [3.05, 3.63) is 200 Å². The van der Waals surface area contributed by atoms with E-state index in [2.05, 4.69) is 169 Å². The fourth-order valence-corrected chi connectivity index (χ4v) is 8.14. The van der Waals surface area contributed by atoms with E-state index in [4.69, 9.17) is 14.4 Å². The van der Waals surface area contributed by atoms with Crippen molar-refractivity contribution in [3.8, 4) is 33.5 Å². The van der Waals surface area contributed by atoms with Gasteiger partial charge in [-0.15, -0.1) is 0 Å². The lowest BCUT2D eigenvalue weighted by Gasteiger charge is -2.26. The molecule has 0 spiro atoms. The molecule has 0 aliphatic heterocycles. The molecule has 262 valence electrons. The lowest BCUT2D eigenvalue weighted by molar-refractivity contribution is 0.669. The average Bonchev–Trinajstić information content (AvgIpc) is 3.64. The Labute approximate surface area is 323 Å². The molecule has 0 amide bonds. The lowest BCUT2D eigenvalue weighted by Crippen LogP contribution is -2.09. The van der Waals surface area contributed by atoms with Gasteiger partial charge in [0, 0.05) is 51.2 Å². The van der Waals surface area contributed by atoms with Gasteiger partial charge in [-0.2, -0.15) is 0 Å². The molecule has 0 saturated heterocycles.